The van der Waals surface area contributed by atoms with Crippen LogP contribution in [-0.4, -0.2) is 117 Å². The van der Waals surface area contributed by atoms with Crippen molar-refractivity contribution in [1.29, 1.82) is 0 Å². The second-order valence-electron chi connectivity index (χ2n) is 19.6. The van der Waals surface area contributed by atoms with Gasteiger partial charge in [0, 0.05) is 98.9 Å². The number of aromatic nitrogens is 12. The first-order valence-corrected chi connectivity index (χ1v) is 23.7. The predicted octanol–water partition coefficient (Wildman–Crippen LogP) is 8.76. The van der Waals surface area contributed by atoms with Crippen molar-refractivity contribution >= 4 is 29.2 Å². The van der Waals surface area contributed by atoms with Crippen molar-refractivity contribution in [2.24, 2.45) is 0 Å². The molecule has 19 nitrogen and oxygen atoms in total. The van der Waals surface area contributed by atoms with Crippen LogP contribution in [0.1, 0.15) is 139 Å². The Bertz CT molecular complexity index is 2850. The number of alkyl halides is 6. The molecule has 3 fully saturated rings. The first-order chi connectivity index (χ1) is 34.0. The quantitative estimate of drug-likeness (QED) is 0.0568. The highest BCUT2D eigenvalue weighted by Crippen LogP contribution is 2.38. The van der Waals surface area contributed by atoms with Crippen LogP contribution in [0.15, 0.2) is 36.4 Å². The maximum absolute atomic E-state index is 13.4. The lowest BCUT2D eigenvalue weighted by molar-refractivity contribution is 0.00779. The highest BCUT2D eigenvalue weighted by atomic mass is 19.3. The summed E-state index contributed by atoms with van der Waals surface area (Å²) in [7, 11) is 0. The summed E-state index contributed by atoms with van der Waals surface area (Å²) in [6, 6.07) is 8.73. The fourth-order valence-corrected chi connectivity index (χ4v) is 8.75. The molecule has 0 aliphatic heterocycles. The van der Waals surface area contributed by atoms with Crippen LogP contribution >= 0.6 is 0 Å². The molecule has 0 radical (unpaired) electrons. The molecule has 6 aromatic rings. The first kappa shape index (κ1) is 53.7. The second kappa shape index (κ2) is 20.8. The molecule has 0 spiro atoms. The molecule has 3 aliphatic carbocycles. The number of aryl methyl sites for hydroxylation is 6. The number of hydrogen-bond donors (Lipinski definition) is 5. The van der Waals surface area contributed by atoms with E-state index in [0.717, 1.165) is 34.2 Å². The maximum Gasteiger partial charge on any atom is 0.354 e. The lowest BCUT2D eigenvalue weighted by atomic mass is 10.1. The van der Waals surface area contributed by atoms with Gasteiger partial charge >= 0.3 is 5.97 Å². The largest absolute Gasteiger partial charge is 0.477 e. The summed E-state index contributed by atoms with van der Waals surface area (Å²) < 4.78 is 84.8. The first-order valence-electron chi connectivity index (χ1n) is 23.7. The number of hydrogen-bond acceptors (Lipinski definition) is 15. The van der Waals surface area contributed by atoms with E-state index >= 15 is 0 Å². The Labute approximate surface area is 416 Å². The molecule has 3 aliphatic rings. The number of halogens is 6. The fraction of sp³-hybridized carbons (Fsp3) is 0.521. The van der Waals surface area contributed by atoms with Gasteiger partial charge in [0.2, 0.25) is 17.8 Å². The average Bonchev–Trinajstić information content (AvgIpc) is 4.14. The summed E-state index contributed by atoms with van der Waals surface area (Å²) in [6.07, 6.45) is -0.162. The molecule has 392 valence electrons. The molecule has 73 heavy (non-hydrogen) atoms. The molecular formula is C48H59F6N15O4. The van der Waals surface area contributed by atoms with Crippen molar-refractivity contribution in [2.45, 2.75) is 162 Å². The SMILES string of the molecule is CC(=O)c1cc(NC2CCC(F)(F)C2)nc(-n2nc(C)cc2C)n1.Cc1cc(C)n(-c2nc(NC3CCC(F)(F)C3)cc(C(=O)O)n2)n1.Cc1cc(C)n(-c2nc(NC3CCC(F)(F)C3)cc(C(C)(C)O)n2)n1. The van der Waals surface area contributed by atoms with Gasteiger partial charge in [-0.15, -0.1) is 0 Å². The lowest BCUT2D eigenvalue weighted by Crippen LogP contribution is -2.23. The Morgan fingerprint density at radius 3 is 1.16 bits per heavy atom. The standard InChI is InChI=1S/C17H23F2N5O.C16H19F2N5O.C15H17F2N5O2/c1-10-7-11(2)24(23-10)15-21-13(16(3,4)25)8-14(22-15)20-12-5-6-17(18,19)9-12;1-9-6-10(2)23(22-9)15-20-13(11(3)24)7-14(21-15)19-12-4-5-16(17,18)8-12;1-8-5-9(2)22(21-8)14-19-11(13(23)24)6-12(20-14)18-10-3-4-15(16,17)7-10/h7-8,12,25H,5-6,9H2,1-4H3,(H,20,21,22);6-7,12H,4-5,8H2,1-3H3,(H,19,20,21);5-6,10H,3-4,7H2,1-2H3,(H,23,24)(H,18,19,20). The number of carbonyl (C=O) groups is 2. The summed E-state index contributed by atoms with van der Waals surface area (Å²) in [5.74, 6) is -7.80. The minimum Gasteiger partial charge on any atom is -0.477 e. The number of aliphatic hydroxyl groups is 1. The van der Waals surface area contributed by atoms with Crippen LogP contribution in [0.3, 0.4) is 0 Å². The molecule has 0 aromatic carbocycles. The van der Waals surface area contributed by atoms with E-state index in [0.29, 0.717) is 42.5 Å². The van der Waals surface area contributed by atoms with E-state index in [1.54, 1.807) is 44.5 Å². The van der Waals surface area contributed by atoms with Gasteiger partial charge in [0.15, 0.2) is 11.5 Å². The van der Waals surface area contributed by atoms with Gasteiger partial charge < -0.3 is 26.2 Å². The van der Waals surface area contributed by atoms with Crippen LogP contribution in [0.4, 0.5) is 43.8 Å². The molecule has 9 rings (SSSR count). The number of nitrogens with zero attached hydrogens (tertiary/aromatic N) is 12. The Morgan fingerprint density at radius 2 is 0.877 bits per heavy atom. The summed E-state index contributed by atoms with van der Waals surface area (Å²) >= 11 is 0. The highest BCUT2D eigenvalue weighted by molar-refractivity contribution is 5.93. The summed E-state index contributed by atoms with van der Waals surface area (Å²) in [4.78, 5) is 48.7. The van der Waals surface area contributed by atoms with Crippen molar-refractivity contribution in [3.8, 4) is 17.8 Å². The number of anilines is 3. The maximum atomic E-state index is 13.4. The number of carboxylic acid groups (broad SMARTS) is 1. The number of rotatable bonds is 12. The van der Waals surface area contributed by atoms with E-state index in [4.69, 9.17) is 0 Å². The van der Waals surface area contributed by atoms with Gasteiger partial charge in [-0.25, -0.2) is 60.1 Å². The Kier molecular flexibility index (Phi) is 15.3. The van der Waals surface area contributed by atoms with Crippen LogP contribution in [0.2, 0.25) is 0 Å². The number of carboxylic acids is 1. The topological polar surface area (TPSA) is 241 Å². The molecular weight excluding hydrogens is 965 g/mol. The van der Waals surface area contributed by atoms with Crippen molar-refractivity contribution in [3.05, 3.63) is 87.6 Å². The molecule has 0 amide bonds. The van der Waals surface area contributed by atoms with Gasteiger partial charge in [0.05, 0.1) is 22.8 Å². The molecule has 3 saturated carbocycles. The minimum atomic E-state index is -2.70. The zero-order valence-electron chi connectivity index (χ0n) is 41.9. The zero-order valence-corrected chi connectivity index (χ0v) is 41.9. The monoisotopic (exact) mass is 1020 g/mol. The number of nitrogens with one attached hydrogen (secondary N) is 3. The predicted molar refractivity (Wildman–Crippen MR) is 257 cm³/mol. The van der Waals surface area contributed by atoms with Gasteiger partial charge in [0.25, 0.3) is 17.8 Å². The van der Waals surface area contributed by atoms with Crippen LogP contribution in [0, 0.1) is 41.5 Å². The number of aromatic carboxylic acids is 1. The molecule has 0 saturated heterocycles. The third-order valence-electron chi connectivity index (χ3n) is 12.2. The van der Waals surface area contributed by atoms with Gasteiger partial charge in [-0.2, -0.15) is 30.2 Å². The van der Waals surface area contributed by atoms with E-state index in [1.807, 2.05) is 39.8 Å². The van der Waals surface area contributed by atoms with Crippen LogP contribution in [0.25, 0.3) is 17.8 Å². The number of Topliss-reactive ketones (excluding diaryl/α,β-unsaturated/α-hetero) is 1. The zero-order chi connectivity index (χ0) is 53.4. The van der Waals surface area contributed by atoms with Crippen molar-refractivity contribution in [2.75, 3.05) is 16.0 Å². The molecule has 5 N–H and O–H groups in total. The molecule has 0 bridgehead atoms. The van der Waals surface area contributed by atoms with E-state index in [-0.39, 0.29) is 85.5 Å². The highest BCUT2D eigenvalue weighted by Gasteiger charge is 2.41. The van der Waals surface area contributed by atoms with Gasteiger partial charge in [0.1, 0.15) is 28.7 Å². The van der Waals surface area contributed by atoms with E-state index in [1.165, 1.54) is 28.4 Å². The third kappa shape index (κ3) is 13.9. The van der Waals surface area contributed by atoms with Gasteiger partial charge in [-0.05, 0) is 92.9 Å². The van der Waals surface area contributed by atoms with Crippen LogP contribution < -0.4 is 16.0 Å². The summed E-state index contributed by atoms with van der Waals surface area (Å²) in [5.41, 5.74) is 3.99. The van der Waals surface area contributed by atoms with Gasteiger partial charge in [-0.1, -0.05) is 0 Å². The van der Waals surface area contributed by atoms with Gasteiger partial charge in [-0.3, -0.25) is 4.79 Å². The van der Waals surface area contributed by atoms with Crippen molar-refractivity contribution < 1.29 is 46.1 Å². The summed E-state index contributed by atoms with van der Waals surface area (Å²) in [5, 5.41) is 41.4. The molecule has 6 aromatic heterocycles. The molecule has 6 heterocycles. The Balaban J connectivity index is 0.000000160. The van der Waals surface area contributed by atoms with Crippen LogP contribution in [0.5, 0.6) is 0 Å². The minimum absolute atomic E-state index is 0.0905. The smallest absolute Gasteiger partial charge is 0.354 e. The second-order valence-corrected chi connectivity index (χ2v) is 19.6. The van der Waals surface area contributed by atoms with Crippen molar-refractivity contribution in [1.82, 2.24) is 59.2 Å². The van der Waals surface area contributed by atoms with Crippen LogP contribution in [-0.2, 0) is 5.60 Å². The lowest BCUT2D eigenvalue weighted by Gasteiger charge is -2.20. The van der Waals surface area contributed by atoms with E-state index in [2.05, 4.69) is 61.2 Å². The number of carbonyl (C=O) groups excluding carboxylic acids is 1. The molecule has 3 unspecified atom stereocenters. The van der Waals surface area contributed by atoms with E-state index in [9.17, 15) is 46.1 Å². The third-order valence-corrected chi connectivity index (χ3v) is 12.2. The van der Waals surface area contributed by atoms with E-state index < -0.39 is 35.4 Å². The Morgan fingerprint density at radius 1 is 0.548 bits per heavy atom. The Hall–Kier alpha value is -7.05. The van der Waals surface area contributed by atoms with Crippen molar-refractivity contribution in [3.63, 3.8) is 0 Å². The summed E-state index contributed by atoms with van der Waals surface area (Å²) in [6.45, 7) is 15.7. The normalized spacial score (nSPS) is 19.6. The molecule has 3 atom stereocenters. The molecule has 25 heteroatoms. The fourth-order valence-electron chi connectivity index (χ4n) is 8.75. The number of ketones is 1. The average molecular weight is 1020 g/mol.